The summed E-state index contributed by atoms with van der Waals surface area (Å²) in [5.74, 6) is 0.611. The van der Waals surface area contributed by atoms with Crippen molar-refractivity contribution < 1.29 is 9.42 Å². The van der Waals surface area contributed by atoms with Crippen LogP contribution in [0.25, 0.3) is 0 Å². The van der Waals surface area contributed by atoms with Gasteiger partial charge in [0.2, 0.25) is 0 Å². The minimum Gasteiger partial charge on any atom is -0.409 e. The molecular formula is C10H16N4O2S. The lowest BCUT2D eigenvalue weighted by atomic mass is 10.2. The average molecular weight is 256 g/mol. The van der Waals surface area contributed by atoms with E-state index in [1.807, 2.05) is 6.07 Å². The lowest BCUT2D eigenvalue weighted by molar-refractivity contribution is 0.318. The Morgan fingerprint density at radius 1 is 1.71 bits per heavy atom. The van der Waals surface area contributed by atoms with Crippen molar-refractivity contribution in [2.24, 2.45) is 10.9 Å². The number of nitrogens with one attached hydrogen (secondary N) is 1. The molecule has 0 spiro atoms. The molecule has 0 saturated carbocycles. The highest BCUT2D eigenvalue weighted by atomic mass is 32.2. The molecular weight excluding hydrogens is 240 g/mol. The molecule has 4 N–H and O–H groups in total. The van der Waals surface area contributed by atoms with Crippen LogP contribution in [0.1, 0.15) is 11.3 Å². The van der Waals surface area contributed by atoms with Gasteiger partial charge < -0.3 is 16.3 Å². The largest absolute Gasteiger partial charge is 0.409 e. The molecule has 94 valence electrons. The molecule has 6 nitrogen and oxygen atoms in total. The molecule has 0 aromatic carbocycles. The molecule has 0 fully saturated rings. The van der Waals surface area contributed by atoms with Gasteiger partial charge in [-0.3, -0.25) is 9.19 Å². The second kappa shape index (κ2) is 6.97. The molecule has 0 radical (unpaired) electrons. The van der Waals surface area contributed by atoms with E-state index < -0.39 is 10.8 Å². The Hall–Kier alpha value is -1.47. The standard InChI is InChI=1S/C10H16N4O2S/c1-17(16)5-4-12-7-8-2-3-13-9(6-8)10(11)14-15/h2-3,6,12,15H,4-5,7H2,1H3,(H2,11,14). The Labute approximate surface area is 102 Å². The maximum absolute atomic E-state index is 10.8. The Balaban J connectivity index is 2.51. The third-order valence-electron chi connectivity index (χ3n) is 2.09. The number of pyridine rings is 1. The van der Waals surface area contributed by atoms with Crippen molar-refractivity contribution in [3.8, 4) is 0 Å². The van der Waals surface area contributed by atoms with Gasteiger partial charge in [-0.1, -0.05) is 5.16 Å². The summed E-state index contributed by atoms with van der Waals surface area (Å²) in [5.41, 5.74) is 6.85. The quantitative estimate of drug-likeness (QED) is 0.212. The zero-order valence-corrected chi connectivity index (χ0v) is 10.4. The van der Waals surface area contributed by atoms with E-state index in [1.54, 1.807) is 18.5 Å². The third-order valence-corrected chi connectivity index (χ3v) is 2.87. The normalized spacial score (nSPS) is 13.6. The molecule has 0 aliphatic rings. The van der Waals surface area contributed by atoms with E-state index in [0.29, 0.717) is 24.5 Å². The van der Waals surface area contributed by atoms with Crippen molar-refractivity contribution in [3.05, 3.63) is 29.6 Å². The van der Waals surface area contributed by atoms with E-state index in [1.165, 1.54) is 0 Å². The number of aromatic nitrogens is 1. The van der Waals surface area contributed by atoms with Crippen LogP contribution in [-0.4, -0.2) is 38.8 Å². The van der Waals surface area contributed by atoms with Gasteiger partial charge in [0.15, 0.2) is 5.84 Å². The van der Waals surface area contributed by atoms with Crippen LogP contribution in [0, 0.1) is 0 Å². The van der Waals surface area contributed by atoms with Gasteiger partial charge >= 0.3 is 0 Å². The number of nitrogens with zero attached hydrogens (tertiary/aromatic N) is 2. The number of hydrogen-bond donors (Lipinski definition) is 3. The number of amidine groups is 1. The number of oxime groups is 1. The van der Waals surface area contributed by atoms with Crippen LogP contribution in [-0.2, 0) is 17.3 Å². The molecule has 1 unspecified atom stereocenters. The summed E-state index contributed by atoms with van der Waals surface area (Å²) in [6.07, 6.45) is 3.27. The first kappa shape index (κ1) is 13.6. The molecule has 1 atom stereocenters. The SMILES string of the molecule is CS(=O)CCNCc1ccnc(/C(N)=N/O)c1. The smallest absolute Gasteiger partial charge is 0.188 e. The second-order valence-electron chi connectivity index (χ2n) is 3.49. The van der Waals surface area contributed by atoms with Gasteiger partial charge in [-0.05, 0) is 17.7 Å². The van der Waals surface area contributed by atoms with Crippen molar-refractivity contribution >= 4 is 16.6 Å². The molecule has 1 aromatic rings. The fourth-order valence-electron chi connectivity index (χ4n) is 1.22. The number of rotatable bonds is 6. The maximum Gasteiger partial charge on any atom is 0.188 e. The molecule has 1 heterocycles. The van der Waals surface area contributed by atoms with Gasteiger partial charge in [0.1, 0.15) is 5.69 Å². The van der Waals surface area contributed by atoms with Crippen molar-refractivity contribution in [3.63, 3.8) is 0 Å². The highest BCUT2D eigenvalue weighted by Gasteiger charge is 2.02. The van der Waals surface area contributed by atoms with Crippen LogP contribution >= 0.6 is 0 Å². The van der Waals surface area contributed by atoms with E-state index in [4.69, 9.17) is 10.9 Å². The lowest BCUT2D eigenvalue weighted by Gasteiger charge is -2.05. The first-order valence-corrected chi connectivity index (χ1v) is 6.79. The fraction of sp³-hybridized carbons (Fsp3) is 0.400. The van der Waals surface area contributed by atoms with Gasteiger partial charge in [0.25, 0.3) is 0 Å². The monoisotopic (exact) mass is 256 g/mol. The Morgan fingerprint density at radius 2 is 2.47 bits per heavy atom. The third kappa shape index (κ3) is 4.92. The molecule has 17 heavy (non-hydrogen) atoms. The molecule has 0 saturated heterocycles. The highest BCUT2D eigenvalue weighted by molar-refractivity contribution is 7.84. The van der Waals surface area contributed by atoms with Crippen molar-refractivity contribution in [1.29, 1.82) is 0 Å². The first-order valence-electron chi connectivity index (χ1n) is 5.07. The van der Waals surface area contributed by atoms with Gasteiger partial charge in [-0.15, -0.1) is 0 Å². The van der Waals surface area contributed by atoms with E-state index in [0.717, 1.165) is 5.56 Å². The van der Waals surface area contributed by atoms with Crippen LogP contribution in [0.3, 0.4) is 0 Å². The summed E-state index contributed by atoms with van der Waals surface area (Å²) in [6, 6.07) is 3.58. The van der Waals surface area contributed by atoms with E-state index in [-0.39, 0.29) is 5.84 Å². The number of nitrogens with two attached hydrogens (primary N) is 1. The fourth-order valence-corrected chi connectivity index (χ4v) is 1.66. The number of hydrogen-bond acceptors (Lipinski definition) is 5. The van der Waals surface area contributed by atoms with Gasteiger partial charge in [0, 0.05) is 42.1 Å². The zero-order chi connectivity index (χ0) is 12.7. The van der Waals surface area contributed by atoms with Crippen LogP contribution in [0.5, 0.6) is 0 Å². The van der Waals surface area contributed by atoms with E-state index >= 15 is 0 Å². The highest BCUT2D eigenvalue weighted by Crippen LogP contribution is 2.01. The molecule has 1 aromatic heterocycles. The average Bonchev–Trinajstić information content (AvgIpc) is 2.34. The van der Waals surface area contributed by atoms with E-state index in [9.17, 15) is 4.21 Å². The minimum absolute atomic E-state index is 0.0125. The molecule has 7 heteroatoms. The Kier molecular flexibility index (Phi) is 5.58. The van der Waals surface area contributed by atoms with Crippen LogP contribution in [0.2, 0.25) is 0 Å². The molecule has 1 rings (SSSR count). The summed E-state index contributed by atoms with van der Waals surface area (Å²) in [6.45, 7) is 1.32. The Bertz CT molecular complexity index is 423. The van der Waals surface area contributed by atoms with Gasteiger partial charge in [0.05, 0.1) is 0 Å². The van der Waals surface area contributed by atoms with Crippen LogP contribution in [0.4, 0.5) is 0 Å². The summed E-state index contributed by atoms with van der Waals surface area (Å²) >= 11 is 0. The Morgan fingerprint density at radius 3 is 3.12 bits per heavy atom. The topological polar surface area (TPSA) is 101 Å². The minimum atomic E-state index is -0.784. The summed E-state index contributed by atoms with van der Waals surface area (Å²) in [7, 11) is -0.784. The van der Waals surface area contributed by atoms with E-state index in [2.05, 4.69) is 15.5 Å². The lowest BCUT2D eigenvalue weighted by Crippen LogP contribution is -2.20. The first-order chi connectivity index (χ1) is 8.13. The van der Waals surface area contributed by atoms with Crippen LogP contribution < -0.4 is 11.1 Å². The van der Waals surface area contributed by atoms with Crippen molar-refractivity contribution in [2.75, 3.05) is 18.6 Å². The van der Waals surface area contributed by atoms with Crippen molar-refractivity contribution in [2.45, 2.75) is 6.54 Å². The molecule has 0 aliphatic carbocycles. The van der Waals surface area contributed by atoms with Gasteiger partial charge in [-0.25, -0.2) is 0 Å². The van der Waals surface area contributed by atoms with Crippen LogP contribution in [0.15, 0.2) is 23.5 Å². The molecule has 0 amide bonds. The van der Waals surface area contributed by atoms with Gasteiger partial charge in [-0.2, -0.15) is 0 Å². The zero-order valence-electron chi connectivity index (χ0n) is 9.59. The van der Waals surface area contributed by atoms with Crippen molar-refractivity contribution in [1.82, 2.24) is 10.3 Å². The predicted molar refractivity (Wildman–Crippen MR) is 67.4 cm³/mol. The maximum atomic E-state index is 10.8. The summed E-state index contributed by atoms with van der Waals surface area (Å²) < 4.78 is 10.8. The molecule has 0 bridgehead atoms. The summed E-state index contributed by atoms with van der Waals surface area (Å²) in [5, 5.41) is 14.6. The predicted octanol–water partition coefficient (Wildman–Crippen LogP) is -0.356. The molecule has 0 aliphatic heterocycles. The second-order valence-corrected chi connectivity index (χ2v) is 5.04. The summed E-state index contributed by atoms with van der Waals surface area (Å²) in [4.78, 5) is 3.97.